The quantitative estimate of drug-likeness (QED) is 0.353. The summed E-state index contributed by atoms with van der Waals surface area (Å²) in [5, 5.41) is 55.6. The molecule has 0 bridgehead atoms. The summed E-state index contributed by atoms with van der Waals surface area (Å²) < 4.78 is 0. The summed E-state index contributed by atoms with van der Waals surface area (Å²) in [5.74, 6) is -8.70. The van der Waals surface area contributed by atoms with Crippen molar-refractivity contribution in [1.82, 2.24) is 0 Å². The molecular weight excluding hydrogens is 454 g/mol. The van der Waals surface area contributed by atoms with Crippen molar-refractivity contribution in [3.63, 3.8) is 0 Å². The lowest BCUT2D eigenvalue weighted by atomic mass is 9.55. The van der Waals surface area contributed by atoms with Gasteiger partial charge in [0.05, 0.1) is 11.7 Å². The molecule has 0 radical (unpaired) electrons. The zero-order chi connectivity index (χ0) is 25.4. The molecule has 180 valence electrons. The number of fused-ring (bicyclic) bond motifs is 3. The average Bonchev–Trinajstić information content (AvgIpc) is 2.82. The van der Waals surface area contributed by atoms with Crippen LogP contribution < -0.4 is 5.73 Å². The van der Waals surface area contributed by atoms with E-state index in [4.69, 9.17) is 5.73 Å². The maximum absolute atomic E-state index is 13.7. The molecule has 5 atom stereocenters. The van der Waals surface area contributed by atoms with Gasteiger partial charge in [-0.15, -0.1) is 0 Å². The Morgan fingerprint density at radius 2 is 1.71 bits per heavy atom. The average molecular weight is 477 g/mol. The largest absolute Gasteiger partial charge is 0.508 e. The van der Waals surface area contributed by atoms with Crippen molar-refractivity contribution >= 4 is 23.2 Å². The summed E-state index contributed by atoms with van der Waals surface area (Å²) in [7, 11) is 0. The molecule has 0 aromatic heterocycles. The molecule has 3 aliphatic rings. The standard InChI is InChI=1S/C26H23NO8/c1-10-12-7-8-13(11-5-3-2-4-6-11)20(29)17(12)22(31)19-16(10)21(30)14-9-15(28)18(25(27)34)23(32)26(14,35)24(19)33/h2-8,10,14,16,21,29-32,35H,9H2,1H3,(H2,27,34)/t10-,14+,16+,21+,26+/m0/s1. The van der Waals surface area contributed by atoms with Gasteiger partial charge in [-0.1, -0.05) is 49.4 Å². The lowest BCUT2D eigenvalue weighted by Crippen LogP contribution is -2.63. The first kappa shape index (κ1) is 22.8. The maximum Gasteiger partial charge on any atom is 0.255 e. The van der Waals surface area contributed by atoms with Gasteiger partial charge in [-0.3, -0.25) is 14.4 Å². The van der Waals surface area contributed by atoms with Crippen molar-refractivity contribution in [3.8, 4) is 16.9 Å². The number of rotatable bonds is 2. The molecule has 1 fully saturated rings. The fourth-order valence-corrected chi connectivity index (χ4v) is 5.85. The SMILES string of the molecule is C[C@H]1c2ccc(-c3ccccc3)c(O)c2C(O)=C2C(=O)[C@]3(O)C(O)=C(C(N)=O)C(=O)C[C@@H]3[C@@H](O)[C@@H]21. The van der Waals surface area contributed by atoms with Crippen LogP contribution in [-0.4, -0.2) is 54.7 Å². The number of amides is 1. The number of aliphatic hydroxyl groups excluding tert-OH is 3. The number of hydrogen-bond donors (Lipinski definition) is 6. The number of phenolic OH excluding ortho intramolecular Hbond substituents is 1. The minimum Gasteiger partial charge on any atom is -0.508 e. The number of Topliss-reactive ketones (excluding diaryl/α,β-unsaturated/α-hetero) is 2. The molecule has 5 rings (SSSR count). The molecule has 1 saturated carbocycles. The molecule has 7 N–H and O–H groups in total. The highest BCUT2D eigenvalue weighted by Gasteiger charge is 2.64. The van der Waals surface area contributed by atoms with E-state index in [1.807, 2.05) is 0 Å². The smallest absolute Gasteiger partial charge is 0.255 e. The van der Waals surface area contributed by atoms with Crippen LogP contribution in [0.15, 0.2) is 59.4 Å². The Kier molecular flexibility index (Phi) is 4.91. The van der Waals surface area contributed by atoms with E-state index in [9.17, 15) is 39.9 Å². The molecule has 2 aromatic carbocycles. The highest BCUT2D eigenvalue weighted by atomic mass is 16.4. The summed E-state index contributed by atoms with van der Waals surface area (Å²) >= 11 is 0. The van der Waals surface area contributed by atoms with Gasteiger partial charge in [0.15, 0.2) is 11.4 Å². The Morgan fingerprint density at radius 3 is 2.34 bits per heavy atom. The molecule has 3 aliphatic carbocycles. The van der Waals surface area contributed by atoms with Gasteiger partial charge >= 0.3 is 0 Å². The maximum atomic E-state index is 13.7. The molecule has 0 aliphatic heterocycles. The topological polar surface area (TPSA) is 178 Å². The zero-order valence-corrected chi connectivity index (χ0v) is 18.6. The minimum atomic E-state index is -2.85. The van der Waals surface area contributed by atoms with Gasteiger partial charge in [0.2, 0.25) is 5.78 Å². The Morgan fingerprint density at radius 1 is 1.06 bits per heavy atom. The van der Waals surface area contributed by atoms with Crippen LogP contribution in [-0.2, 0) is 14.4 Å². The first-order valence-electron chi connectivity index (χ1n) is 11.1. The number of phenols is 1. The molecule has 0 saturated heterocycles. The van der Waals surface area contributed by atoms with Gasteiger partial charge < -0.3 is 31.3 Å². The fraction of sp³-hybridized carbons (Fsp3) is 0.269. The Balaban J connectivity index is 1.76. The number of hydrogen-bond acceptors (Lipinski definition) is 8. The Labute approximate surface area is 199 Å². The third-order valence-corrected chi connectivity index (χ3v) is 7.59. The van der Waals surface area contributed by atoms with Gasteiger partial charge in [-0.25, -0.2) is 0 Å². The van der Waals surface area contributed by atoms with Crippen molar-refractivity contribution in [2.24, 2.45) is 17.6 Å². The minimum absolute atomic E-state index is 0.0295. The molecule has 0 heterocycles. The number of ketones is 2. The third kappa shape index (κ3) is 2.85. The van der Waals surface area contributed by atoms with E-state index in [-0.39, 0.29) is 11.3 Å². The summed E-state index contributed by atoms with van der Waals surface area (Å²) in [6, 6.07) is 12.2. The van der Waals surface area contributed by atoms with Crippen molar-refractivity contribution in [3.05, 3.63) is 70.5 Å². The lowest BCUT2D eigenvalue weighted by Gasteiger charge is -2.50. The highest BCUT2D eigenvalue weighted by Crippen LogP contribution is 2.56. The van der Waals surface area contributed by atoms with Gasteiger partial charge in [-0.2, -0.15) is 0 Å². The van der Waals surface area contributed by atoms with E-state index in [0.717, 1.165) is 0 Å². The predicted octanol–water partition coefficient (Wildman–Crippen LogP) is 1.62. The van der Waals surface area contributed by atoms with Crippen molar-refractivity contribution in [2.45, 2.75) is 31.0 Å². The highest BCUT2D eigenvalue weighted by molar-refractivity contribution is 6.23. The molecule has 1 amide bonds. The normalized spacial score (nSPS) is 30.0. The van der Waals surface area contributed by atoms with Gasteiger partial charge in [0.25, 0.3) is 5.91 Å². The van der Waals surface area contributed by atoms with Gasteiger partial charge in [0.1, 0.15) is 22.8 Å². The molecule has 35 heavy (non-hydrogen) atoms. The zero-order valence-electron chi connectivity index (χ0n) is 18.6. The first-order chi connectivity index (χ1) is 16.5. The van der Waals surface area contributed by atoms with Crippen LogP contribution in [0.4, 0.5) is 0 Å². The fourth-order valence-electron chi connectivity index (χ4n) is 5.85. The molecule has 0 unspecified atom stereocenters. The summed E-state index contributed by atoms with van der Waals surface area (Å²) in [5.41, 5.74) is 2.51. The number of aromatic hydroxyl groups is 1. The summed E-state index contributed by atoms with van der Waals surface area (Å²) in [4.78, 5) is 37.9. The van der Waals surface area contributed by atoms with Crippen molar-refractivity contribution in [2.75, 3.05) is 0 Å². The number of carbonyl (C=O) groups is 3. The van der Waals surface area contributed by atoms with Crippen LogP contribution in [0.2, 0.25) is 0 Å². The number of nitrogens with two attached hydrogens (primary N) is 1. The molecule has 2 aromatic rings. The second-order valence-corrected chi connectivity index (χ2v) is 9.28. The van der Waals surface area contributed by atoms with E-state index in [1.54, 1.807) is 49.4 Å². The lowest BCUT2D eigenvalue weighted by molar-refractivity contribution is -0.160. The molecule has 9 heteroatoms. The number of primary amides is 1. The van der Waals surface area contributed by atoms with Crippen LogP contribution in [0, 0.1) is 11.8 Å². The molecular formula is C26H23NO8. The van der Waals surface area contributed by atoms with Crippen LogP contribution in [0.5, 0.6) is 5.75 Å². The number of aliphatic hydroxyl groups is 4. The first-order valence-corrected chi connectivity index (χ1v) is 11.1. The molecule has 9 nitrogen and oxygen atoms in total. The van der Waals surface area contributed by atoms with Crippen molar-refractivity contribution < 1.29 is 39.9 Å². The van der Waals surface area contributed by atoms with Crippen molar-refractivity contribution in [1.29, 1.82) is 0 Å². The van der Waals surface area contributed by atoms with Crippen LogP contribution >= 0.6 is 0 Å². The Bertz CT molecular complexity index is 1380. The molecule has 0 spiro atoms. The second kappa shape index (κ2) is 7.53. The van der Waals surface area contributed by atoms with E-state index >= 15 is 0 Å². The van der Waals surface area contributed by atoms with Crippen LogP contribution in [0.1, 0.15) is 30.4 Å². The van der Waals surface area contributed by atoms with Gasteiger partial charge in [-0.05, 0) is 17.0 Å². The van der Waals surface area contributed by atoms with E-state index in [0.29, 0.717) is 16.7 Å². The third-order valence-electron chi connectivity index (χ3n) is 7.59. The summed E-state index contributed by atoms with van der Waals surface area (Å²) in [6.07, 6.45) is -2.15. The van der Waals surface area contributed by atoms with E-state index in [2.05, 4.69) is 0 Å². The van der Waals surface area contributed by atoms with E-state index in [1.165, 1.54) is 0 Å². The van der Waals surface area contributed by atoms with Crippen LogP contribution in [0.25, 0.3) is 16.9 Å². The van der Waals surface area contributed by atoms with Gasteiger partial charge in [0, 0.05) is 29.4 Å². The monoisotopic (exact) mass is 477 g/mol. The second-order valence-electron chi connectivity index (χ2n) is 9.28. The predicted molar refractivity (Wildman–Crippen MR) is 123 cm³/mol. The number of benzene rings is 2. The Hall–Kier alpha value is -3.95. The van der Waals surface area contributed by atoms with E-state index < -0.39 is 76.0 Å². The summed E-state index contributed by atoms with van der Waals surface area (Å²) in [6.45, 7) is 1.69. The number of carbonyl (C=O) groups excluding carboxylic acids is 3. The van der Waals surface area contributed by atoms with Crippen LogP contribution in [0.3, 0.4) is 0 Å².